The van der Waals surface area contributed by atoms with Crippen LogP contribution in [-0.2, 0) is 13.1 Å². The van der Waals surface area contributed by atoms with Crippen LogP contribution in [-0.4, -0.2) is 44.7 Å². The van der Waals surface area contributed by atoms with Crippen molar-refractivity contribution in [2.75, 3.05) is 14.1 Å². The molecule has 0 aliphatic rings. The number of halogens is 1. The zero-order valence-electron chi connectivity index (χ0n) is 15.0. The Morgan fingerprint density at radius 3 is 2.73 bits per heavy atom. The average molecular weight is 483 g/mol. The second-order valence-corrected chi connectivity index (χ2v) is 6.63. The molecule has 9 heteroatoms. The maximum Gasteiger partial charge on any atom is 0.194 e. The number of benzene rings is 1. The van der Waals surface area contributed by atoms with Crippen molar-refractivity contribution in [2.45, 2.75) is 20.0 Å². The molecule has 2 aromatic heterocycles. The maximum absolute atomic E-state index is 4.50. The predicted octanol–water partition coefficient (Wildman–Crippen LogP) is 2.86. The summed E-state index contributed by atoms with van der Waals surface area (Å²) in [5, 5.41) is 14.7. The molecule has 0 bridgehead atoms. The highest BCUT2D eigenvalue weighted by Gasteiger charge is 2.11. The van der Waals surface area contributed by atoms with Crippen LogP contribution in [0.2, 0.25) is 0 Å². The third-order valence-electron chi connectivity index (χ3n) is 3.70. The van der Waals surface area contributed by atoms with Crippen LogP contribution in [0.15, 0.2) is 47.0 Å². The summed E-state index contributed by atoms with van der Waals surface area (Å²) in [6.45, 7) is 3.25. The van der Waals surface area contributed by atoms with Crippen LogP contribution in [0, 0.1) is 6.92 Å². The molecule has 7 nitrogen and oxygen atoms in total. The summed E-state index contributed by atoms with van der Waals surface area (Å²) in [5.41, 5.74) is 2.07. The van der Waals surface area contributed by atoms with Gasteiger partial charge in [0.1, 0.15) is 6.33 Å². The number of aromatic nitrogens is 4. The van der Waals surface area contributed by atoms with E-state index in [2.05, 4.69) is 30.9 Å². The largest absolute Gasteiger partial charge is 0.349 e. The van der Waals surface area contributed by atoms with Gasteiger partial charge in [0, 0.05) is 25.2 Å². The van der Waals surface area contributed by atoms with E-state index < -0.39 is 0 Å². The fraction of sp³-hybridized carbons (Fsp3) is 0.294. The van der Waals surface area contributed by atoms with E-state index in [1.807, 2.05) is 53.8 Å². The fourth-order valence-electron chi connectivity index (χ4n) is 2.53. The Bertz CT molecular complexity index is 844. The lowest BCUT2D eigenvalue weighted by Gasteiger charge is -2.21. The third-order valence-corrected chi connectivity index (χ3v) is 4.52. The number of nitrogens with zero attached hydrogens (tertiary/aromatic N) is 6. The third kappa shape index (κ3) is 5.01. The monoisotopic (exact) mass is 483 g/mol. The Labute approximate surface area is 174 Å². The molecule has 3 rings (SSSR count). The molecule has 0 unspecified atom stereocenters. The molecule has 0 atom stereocenters. The van der Waals surface area contributed by atoms with Gasteiger partial charge >= 0.3 is 0 Å². The van der Waals surface area contributed by atoms with Crippen molar-refractivity contribution in [3.8, 4) is 5.69 Å². The Morgan fingerprint density at radius 1 is 1.31 bits per heavy atom. The first-order chi connectivity index (χ1) is 12.2. The summed E-state index contributed by atoms with van der Waals surface area (Å²) in [7, 11) is 3.76. The minimum Gasteiger partial charge on any atom is -0.349 e. The number of aliphatic imine (C=N–C) groups is 1. The molecule has 1 N–H and O–H groups in total. The molecule has 138 valence electrons. The summed E-state index contributed by atoms with van der Waals surface area (Å²) >= 11 is 1.66. The number of hydrogen-bond donors (Lipinski definition) is 1. The van der Waals surface area contributed by atoms with Gasteiger partial charge in [-0.1, -0.05) is 18.2 Å². The summed E-state index contributed by atoms with van der Waals surface area (Å²) in [4.78, 5) is 10.9. The Kier molecular flexibility index (Phi) is 7.51. The van der Waals surface area contributed by atoms with Gasteiger partial charge in [0.25, 0.3) is 0 Å². The molecular weight excluding hydrogens is 461 g/mol. The van der Waals surface area contributed by atoms with E-state index in [9.17, 15) is 0 Å². The van der Waals surface area contributed by atoms with Crippen LogP contribution in [0.3, 0.4) is 0 Å². The molecule has 26 heavy (non-hydrogen) atoms. The van der Waals surface area contributed by atoms with Crippen molar-refractivity contribution in [1.29, 1.82) is 0 Å². The molecular formula is C17H22IN7S. The lowest BCUT2D eigenvalue weighted by atomic mass is 10.3. The van der Waals surface area contributed by atoms with Crippen molar-refractivity contribution < 1.29 is 0 Å². The number of aryl methyl sites for hydroxylation is 1. The minimum atomic E-state index is 0. The molecule has 0 amide bonds. The first-order valence-electron chi connectivity index (χ1n) is 7.94. The summed E-state index contributed by atoms with van der Waals surface area (Å²) < 4.78 is 1.96. The number of nitrogens with one attached hydrogen (secondary N) is 1. The highest BCUT2D eigenvalue weighted by Crippen LogP contribution is 2.11. The van der Waals surface area contributed by atoms with Gasteiger partial charge in [-0.05, 0) is 19.1 Å². The van der Waals surface area contributed by atoms with Crippen LogP contribution in [0.5, 0.6) is 0 Å². The second kappa shape index (κ2) is 9.62. The first kappa shape index (κ1) is 20.3. The van der Waals surface area contributed by atoms with Gasteiger partial charge in [0.2, 0.25) is 0 Å². The van der Waals surface area contributed by atoms with Gasteiger partial charge in [0.05, 0.1) is 23.8 Å². The Hall–Kier alpha value is -2.01. The summed E-state index contributed by atoms with van der Waals surface area (Å²) in [6.07, 6.45) is 1.72. The van der Waals surface area contributed by atoms with E-state index in [0.717, 1.165) is 28.2 Å². The zero-order chi connectivity index (χ0) is 17.6. The fourth-order valence-corrected chi connectivity index (χ4v) is 3.13. The molecule has 0 fully saturated rings. The first-order valence-corrected chi connectivity index (χ1v) is 8.82. The number of rotatable bonds is 5. The highest BCUT2D eigenvalue weighted by molar-refractivity contribution is 14.0. The van der Waals surface area contributed by atoms with Gasteiger partial charge < -0.3 is 10.2 Å². The van der Waals surface area contributed by atoms with E-state index in [1.54, 1.807) is 24.7 Å². The van der Waals surface area contributed by atoms with Gasteiger partial charge in [-0.25, -0.2) is 4.98 Å². The maximum atomic E-state index is 4.50. The predicted molar refractivity (Wildman–Crippen MR) is 115 cm³/mol. The number of hydrogen-bond acceptors (Lipinski definition) is 5. The second-order valence-electron chi connectivity index (χ2n) is 5.57. The van der Waals surface area contributed by atoms with Gasteiger partial charge in [-0.3, -0.25) is 9.56 Å². The van der Waals surface area contributed by atoms with Crippen molar-refractivity contribution in [1.82, 2.24) is 30.0 Å². The van der Waals surface area contributed by atoms with Crippen molar-refractivity contribution in [3.63, 3.8) is 0 Å². The van der Waals surface area contributed by atoms with Crippen molar-refractivity contribution in [3.05, 3.63) is 58.6 Å². The van der Waals surface area contributed by atoms with E-state index in [0.29, 0.717) is 13.1 Å². The molecule has 0 radical (unpaired) electrons. The van der Waals surface area contributed by atoms with E-state index in [1.165, 1.54) is 0 Å². The van der Waals surface area contributed by atoms with Gasteiger partial charge in [0.15, 0.2) is 11.8 Å². The molecule has 0 spiro atoms. The molecule has 0 saturated carbocycles. The molecule has 0 aliphatic carbocycles. The molecule has 2 heterocycles. The van der Waals surface area contributed by atoms with Crippen LogP contribution in [0.4, 0.5) is 0 Å². The molecule has 0 aliphatic heterocycles. The minimum absolute atomic E-state index is 0. The van der Waals surface area contributed by atoms with Crippen LogP contribution >= 0.6 is 35.3 Å². The SMILES string of the molecule is CN=C(NCc1nncn1-c1ccccc1)N(C)Cc1csc(C)n1.I. The molecule has 3 aromatic rings. The normalized spacial score (nSPS) is 11.1. The smallest absolute Gasteiger partial charge is 0.194 e. The zero-order valence-corrected chi connectivity index (χ0v) is 18.1. The van der Waals surface area contributed by atoms with Crippen LogP contribution in [0.1, 0.15) is 16.5 Å². The van der Waals surface area contributed by atoms with E-state index in [-0.39, 0.29) is 24.0 Å². The van der Waals surface area contributed by atoms with Crippen LogP contribution < -0.4 is 5.32 Å². The van der Waals surface area contributed by atoms with Crippen molar-refractivity contribution >= 4 is 41.3 Å². The number of thiazole rings is 1. The van der Waals surface area contributed by atoms with Gasteiger partial charge in [-0.15, -0.1) is 45.5 Å². The standard InChI is InChI=1S/C17H21N7S.HI/c1-13-21-14(11-25-13)10-23(3)17(18-2)19-9-16-22-20-12-24(16)15-7-5-4-6-8-15;/h4-8,11-12H,9-10H2,1-3H3,(H,18,19);1H. The highest BCUT2D eigenvalue weighted by atomic mass is 127. The van der Waals surface area contributed by atoms with Gasteiger partial charge in [-0.2, -0.15) is 0 Å². The number of para-hydroxylation sites is 1. The van der Waals surface area contributed by atoms with Crippen LogP contribution in [0.25, 0.3) is 5.69 Å². The topological polar surface area (TPSA) is 71.2 Å². The lowest BCUT2D eigenvalue weighted by molar-refractivity contribution is 0.469. The average Bonchev–Trinajstić information content (AvgIpc) is 3.25. The van der Waals surface area contributed by atoms with E-state index in [4.69, 9.17) is 0 Å². The molecule has 1 aromatic carbocycles. The summed E-state index contributed by atoms with van der Waals surface area (Å²) in [6, 6.07) is 10.0. The summed E-state index contributed by atoms with van der Waals surface area (Å²) in [5.74, 6) is 1.61. The van der Waals surface area contributed by atoms with E-state index >= 15 is 0 Å². The number of guanidine groups is 1. The lowest BCUT2D eigenvalue weighted by Crippen LogP contribution is -2.38. The quantitative estimate of drug-likeness (QED) is 0.344. The Morgan fingerprint density at radius 2 is 2.08 bits per heavy atom. The molecule has 0 saturated heterocycles. The Balaban J connectivity index is 0.00000243. The van der Waals surface area contributed by atoms with Crippen molar-refractivity contribution in [2.24, 2.45) is 4.99 Å².